The maximum Gasteiger partial charge on any atom is 0.273 e. The average molecular weight is 431 g/mol. The third-order valence-corrected chi connectivity index (χ3v) is 6.67. The summed E-state index contributed by atoms with van der Waals surface area (Å²) >= 11 is 0. The van der Waals surface area contributed by atoms with Gasteiger partial charge in [0.05, 0.1) is 30.8 Å². The number of nitrogens with one attached hydrogen (secondary N) is 1. The maximum atomic E-state index is 13.1. The van der Waals surface area contributed by atoms with Crippen LogP contribution in [0, 0.1) is 0 Å². The molecule has 1 aromatic carbocycles. The summed E-state index contributed by atoms with van der Waals surface area (Å²) in [5, 5.41) is 4.59. The number of amides is 1. The zero-order valence-electron chi connectivity index (χ0n) is 18.3. The number of carbonyl (C=O) groups is 1. The lowest BCUT2D eigenvalue weighted by atomic mass is 10.1. The summed E-state index contributed by atoms with van der Waals surface area (Å²) in [4.78, 5) is 31.3. The zero-order chi connectivity index (χ0) is 21.8. The van der Waals surface area contributed by atoms with Crippen molar-refractivity contribution in [2.75, 3.05) is 23.4 Å². The number of para-hydroxylation sites is 1. The van der Waals surface area contributed by atoms with Gasteiger partial charge in [0.25, 0.3) is 5.91 Å². The van der Waals surface area contributed by atoms with Gasteiger partial charge in [-0.05, 0) is 38.0 Å². The fourth-order valence-corrected chi connectivity index (χ4v) is 4.91. The Morgan fingerprint density at radius 3 is 2.91 bits per heavy atom. The first kappa shape index (κ1) is 19.4. The molecule has 0 saturated carbocycles. The SMILES string of the molecule is CC(C)N1Cc2c(NCc3cnc4ccccc4c3)nc(N3CC4C[C@H]3CO4)nc2C1=O. The minimum atomic E-state index is -0.0188. The smallest absolute Gasteiger partial charge is 0.273 e. The van der Waals surface area contributed by atoms with Gasteiger partial charge in [-0.15, -0.1) is 0 Å². The molecule has 3 aromatic rings. The number of morpholine rings is 1. The van der Waals surface area contributed by atoms with Gasteiger partial charge in [-0.2, -0.15) is 4.98 Å². The van der Waals surface area contributed by atoms with Crippen LogP contribution in [0.3, 0.4) is 0 Å². The van der Waals surface area contributed by atoms with Crippen molar-refractivity contribution in [3.8, 4) is 0 Å². The van der Waals surface area contributed by atoms with Crippen molar-refractivity contribution in [3.05, 3.63) is 53.3 Å². The number of hydrogen-bond acceptors (Lipinski definition) is 7. The molecule has 2 bridgehead atoms. The molecule has 0 radical (unpaired) electrons. The Kier molecular flexibility index (Phi) is 4.50. The Labute approximate surface area is 186 Å². The first-order valence-corrected chi connectivity index (χ1v) is 11.2. The number of nitrogens with zero attached hydrogens (tertiary/aromatic N) is 5. The predicted octanol–water partition coefficient (Wildman–Crippen LogP) is 2.98. The lowest BCUT2D eigenvalue weighted by molar-refractivity contribution is 0.0726. The number of hydrogen-bond donors (Lipinski definition) is 1. The van der Waals surface area contributed by atoms with Crippen LogP contribution in [0.15, 0.2) is 36.5 Å². The van der Waals surface area contributed by atoms with E-state index in [4.69, 9.17) is 14.7 Å². The third-order valence-electron chi connectivity index (χ3n) is 6.67. The topological polar surface area (TPSA) is 83.5 Å². The van der Waals surface area contributed by atoms with Crippen LogP contribution in [-0.2, 0) is 17.8 Å². The number of benzene rings is 1. The van der Waals surface area contributed by atoms with Crippen molar-refractivity contribution in [2.45, 2.75) is 51.5 Å². The van der Waals surface area contributed by atoms with Gasteiger partial charge in [0.15, 0.2) is 0 Å². The predicted molar refractivity (Wildman–Crippen MR) is 122 cm³/mol. The van der Waals surface area contributed by atoms with Crippen molar-refractivity contribution in [2.24, 2.45) is 0 Å². The number of anilines is 2. The summed E-state index contributed by atoms with van der Waals surface area (Å²) < 4.78 is 5.74. The largest absolute Gasteiger partial charge is 0.374 e. The minimum absolute atomic E-state index is 0.0188. The van der Waals surface area contributed by atoms with Gasteiger partial charge >= 0.3 is 0 Å². The molecular formula is C24H26N6O2. The quantitative estimate of drug-likeness (QED) is 0.666. The number of pyridine rings is 1. The Hall–Kier alpha value is -3.26. The highest BCUT2D eigenvalue weighted by Gasteiger charge is 2.42. The van der Waals surface area contributed by atoms with Gasteiger partial charge in [-0.1, -0.05) is 18.2 Å². The highest BCUT2D eigenvalue weighted by Crippen LogP contribution is 2.35. The molecular weight excluding hydrogens is 404 g/mol. The van der Waals surface area contributed by atoms with Crippen LogP contribution in [0.4, 0.5) is 11.8 Å². The molecule has 1 unspecified atom stereocenters. The van der Waals surface area contributed by atoms with Gasteiger partial charge in [0.1, 0.15) is 11.5 Å². The van der Waals surface area contributed by atoms with E-state index in [0.717, 1.165) is 40.8 Å². The molecule has 6 rings (SSSR count). The van der Waals surface area contributed by atoms with E-state index >= 15 is 0 Å². The maximum absolute atomic E-state index is 13.1. The van der Waals surface area contributed by atoms with Crippen molar-refractivity contribution in [3.63, 3.8) is 0 Å². The average Bonchev–Trinajstić information content (AvgIpc) is 3.52. The fraction of sp³-hybridized carbons (Fsp3) is 0.417. The van der Waals surface area contributed by atoms with Crippen molar-refractivity contribution >= 4 is 28.6 Å². The first-order chi connectivity index (χ1) is 15.6. The zero-order valence-corrected chi connectivity index (χ0v) is 18.3. The molecule has 3 aliphatic heterocycles. The number of ether oxygens (including phenoxy) is 1. The second kappa shape index (κ2) is 7.41. The van der Waals surface area contributed by atoms with Gasteiger partial charge in [-0.25, -0.2) is 4.98 Å². The molecule has 8 heteroatoms. The van der Waals surface area contributed by atoms with Crippen molar-refractivity contribution < 1.29 is 9.53 Å². The van der Waals surface area contributed by atoms with E-state index in [2.05, 4.69) is 27.3 Å². The van der Waals surface area contributed by atoms with E-state index in [9.17, 15) is 4.79 Å². The summed E-state index contributed by atoms with van der Waals surface area (Å²) in [6.07, 6.45) is 3.12. The highest BCUT2D eigenvalue weighted by atomic mass is 16.5. The van der Waals surface area contributed by atoms with E-state index < -0.39 is 0 Å². The van der Waals surface area contributed by atoms with Crippen molar-refractivity contribution in [1.82, 2.24) is 19.9 Å². The van der Waals surface area contributed by atoms with Crippen LogP contribution in [-0.4, -0.2) is 57.1 Å². The number of aromatic nitrogens is 3. The van der Waals surface area contributed by atoms with Gasteiger partial charge in [0, 0.05) is 36.3 Å². The molecule has 8 nitrogen and oxygen atoms in total. The molecule has 1 N–H and O–H groups in total. The first-order valence-electron chi connectivity index (χ1n) is 11.2. The normalized spacial score (nSPS) is 21.8. The number of carbonyl (C=O) groups excluding carboxylic acids is 1. The molecule has 3 aliphatic rings. The Balaban J connectivity index is 1.34. The Bertz CT molecular complexity index is 1210. The number of rotatable bonds is 5. The Morgan fingerprint density at radius 1 is 1.25 bits per heavy atom. The second-order valence-electron chi connectivity index (χ2n) is 9.11. The molecule has 32 heavy (non-hydrogen) atoms. The van der Waals surface area contributed by atoms with Gasteiger partial charge in [-0.3, -0.25) is 9.78 Å². The summed E-state index contributed by atoms with van der Waals surface area (Å²) in [5.41, 5.74) is 3.44. The van der Waals surface area contributed by atoms with Crippen LogP contribution in [0.25, 0.3) is 10.9 Å². The molecule has 5 heterocycles. The van der Waals surface area contributed by atoms with Crippen LogP contribution in [0.5, 0.6) is 0 Å². The molecule has 2 saturated heterocycles. The summed E-state index contributed by atoms with van der Waals surface area (Å²) in [6.45, 7) is 6.64. The minimum Gasteiger partial charge on any atom is -0.374 e. The standard InChI is InChI=1S/C24H26N6O2/c1-14(2)29-12-19-21(23(29)31)27-24(30-11-18-8-17(30)13-32-18)28-22(19)26-10-15-7-16-5-3-4-6-20(16)25-9-15/h3-7,9,14,17-18H,8,10-13H2,1-2H3,(H,26,27,28)/t17-,18?/m0/s1. The van der Waals surface area contributed by atoms with Gasteiger partial charge in [0.2, 0.25) is 5.95 Å². The highest BCUT2D eigenvalue weighted by molar-refractivity contribution is 5.98. The van der Waals surface area contributed by atoms with Gasteiger partial charge < -0.3 is 19.9 Å². The van der Waals surface area contributed by atoms with Crippen LogP contribution in [0.1, 0.15) is 41.9 Å². The molecule has 164 valence electrons. The van der Waals surface area contributed by atoms with E-state index in [1.54, 1.807) is 0 Å². The van der Waals surface area contributed by atoms with E-state index in [0.29, 0.717) is 31.3 Å². The fourth-order valence-electron chi connectivity index (χ4n) is 4.91. The van der Waals surface area contributed by atoms with E-state index in [-0.39, 0.29) is 24.1 Å². The van der Waals surface area contributed by atoms with E-state index in [1.165, 1.54) is 0 Å². The molecule has 1 amide bonds. The lowest BCUT2D eigenvalue weighted by Crippen LogP contribution is -2.38. The second-order valence-corrected chi connectivity index (χ2v) is 9.11. The molecule has 0 aliphatic carbocycles. The molecule has 2 atom stereocenters. The summed E-state index contributed by atoms with van der Waals surface area (Å²) in [7, 11) is 0. The lowest BCUT2D eigenvalue weighted by Gasteiger charge is -2.27. The summed E-state index contributed by atoms with van der Waals surface area (Å²) in [5.74, 6) is 1.34. The van der Waals surface area contributed by atoms with Crippen LogP contribution >= 0.6 is 0 Å². The third kappa shape index (κ3) is 3.17. The molecule has 2 fully saturated rings. The monoisotopic (exact) mass is 430 g/mol. The Morgan fingerprint density at radius 2 is 2.12 bits per heavy atom. The van der Waals surface area contributed by atoms with E-state index in [1.807, 2.05) is 43.1 Å². The molecule has 2 aromatic heterocycles. The van der Waals surface area contributed by atoms with Crippen LogP contribution < -0.4 is 10.2 Å². The molecule has 0 spiro atoms. The van der Waals surface area contributed by atoms with Crippen LogP contribution in [0.2, 0.25) is 0 Å². The summed E-state index contributed by atoms with van der Waals surface area (Å²) in [6, 6.07) is 10.6. The number of fused-ring (bicyclic) bond motifs is 4. The van der Waals surface area contributed by atoms with Crippen molar-refractivity contribution in [1.29, 1.82) is 0 Å².